The molecule has 1 aromatic heterocycles. The minimum absolute atomic E-state index is 0.142. The summed E-state index contributed by atoms with van der Waals surface area (Å²) in [4.78, 5) is 12.4. The average molecular weight is 422 g/mol. The Morgan fingerprint density at radius 1 is 1.19 bits per heavy atom. The van der Waals surface area contributed by atoms with Crippen molar-refractivity contribution < 1.29 is 19.6 Å². The zero-order chi connectivity index (χ0) is 22.2. The van der Waals surface area contributed by atoms with Crippen LogP contribution < -0.4 is 10.1 Å². The summed E-state index contributed by atoms with van der Waals surface area (Å²) in [7, 11) is -0.0406. The van der Waals surface area contributed by atoms with Crippen LogP contribution >= 0.6 is 0 Å². The predicted molar refractivity (Wildman–Crippen MR) is 118 cm³/mol. The summed E-state index contributed by atoms with van der Waals surface area (Å²) in [5.41, 5.74) is 3.70. The van der Waals surface area contributed by atoms with Crippen LogP contribution in [0.2, 0.25) is 0 Å². The molecule has 2 aromatic carbocycles. The van der Waals surface area contributed by atoms with Gasteiger partial charge in [-0.2, -0.15) is 0 Å². The number of nitrogens with zero attached hydrogens (tertiary/aromatic N) is 3. The first-order valence-corrected chi connectivity index (χ1v) is 10.3. The van der Waals surface area contributed by atoms with Gasteiger partial charge < -0.3 is 20.1 Å². The van der Waals surface area contributed by atoms with Crippen molar-refractivity contribution >= 4 is 13.0 Å². The third-order valence-corrected chi connectivity index (χ3v) is 5.05. The fourth-order valence-electron chi connectivity index (χ4n) is 3.26. The lowest BCUT2D eigenvalue weighted by Crippen LogP contribution is -2.48. The fourth-order valence-corrected chi connectivity index (χ4v) is 3.26. The number of hydrogen-bond donors (Lipinski definition) is 3. The molecule has 8 nitrogen and oxygen atoms in total. The fraction of sp³-hybridized carbons (Fsp3) is 0.318. The molecule has 1 unspecified atom stereocenters. The Bertz CT molecular complexity index is 991. The monoisotopic (exact) mass is 422 g/mol. The molecule has 0 bridgehead atoms. The molecule has 0 radical (unpaired) electrons. The molecule has 0 saturated heterocycles. The molecule has 1 atom stereocenters. The van der Waals surface area contributed by atoms with Crippen LogP contribution in [-0.4, -0.2) is 51.1 Å². The first kappa shape index (κ1) is 22.5. The van der Waals surface area contributed by atoms with Crippen LogP contribution in [0, 0.1) is 0 Å². The van der Waals surface area contributed by atoms with Crippen LogP contribution in [0.3, 0.4) is 0 Å². The lowest BCUT2D eigenvalue weighted by atomic mass is 9.75. The normalized spacial score (nSPS) is 11.7. The van der Waals surface area contributed by atoms with Crippen molar-refractivity contribution in [2.75, 3.05) is 7.11 Å². The zero-order valence-electron chi connectivity index (χ0n) is 17.7. The van der Waals surface area contributed by atoms with Gasteiger partial charge in [-0.3, -0.25) is 9.48 Å². The molecule has 1 amide bonds. The maximum absolute atomic E-state index is 12.4. The molecule has 0 spiro atoms. The van der Waals surface area contributed by atoms with E-state index in [0.717, 1.165) is 28.9 Å². The van der Waals surface area contributed by atoms with Gasteiger partial charge in [0.05, 0.1) is 25.8 Å². The maximum Gasteiger partial charge on any atom is 0.475 e. The number of ether oxygens (including phenoxy) is 1. The van der Waals surface area contributed by atoms with E-state index < -0.39 is 13.1 Å². The second-order valence-electron chi connectivity index (χ2n) is 7.31. The van der Waals surface area contributed by atoms with Crippen molar-refractivity contribution in [3.8, 4) is 17.0 Å². The van der Waals surface area contributed by atoms with E-state index in [0.29, 0.717) is 18.7 Å². The van der Waals surface area contributed by atoms with Crippen LogP contribution in [0.5, 0.6) is 5.75 Å². The Morgan fingerprint density at radius 3 is 2.61 bits per heavy atom. The van der Waals surface area contributed by atoms with E-state index in [1.165, 1.54) is 0 Å². The summed E-state index contributed by atoms with van der Waals surface area (Å²) < 4.78 is 6.74. The summed E-state index contributed by atoms with van der Waals surface area (Å²) in [6, 6.07) is 15.3. The summed E-state index contributed by atoms with van der Waals surface area (Å²) >= 11 is 0. The van der Waals surface area contributed by atoms with Gasteiger partial charge in [0.1, 0.15) is 11.4 Å². The number of carbonyl (C=O) groups excluding carboxylic acids is 1. The van der Waals surface area contributed by atoms with Gasteiger partial charge in [-0.25, -0.2) is 0 Å². The highest BCUT2D eigenvalue weighted by Gasteiger charge is 2.25. The SMILES string of the molecule is CCc1cccc(CC(NC(=O)CCn2cc(-c3ccc(OC)cc3)nn2)B(O)O)c1. The van der Waals surface area contributed by atoms with Crippen molar-refractivity contribution in [1.29, 1.82) is 0 Å². The number of carbonyl (C=O) groups is 1. The molecular formula is C22H27BN4O4. The van der Waals surface area contributed by atoms with E-state index in [1.807, 2.05) is 48.5 Å². The van der Waals surface area contributed by atoms with E-state index in [4.69, 9.17) is 4.74 Å². The van der Waals surface area contributed by atoms with Crippen molar-refractivity contribution in [3.63, 3.8) is 0 Å². The van der Waals surface area contributed by atoms with Crippen molar-refractivity contribution in [2.24, 2.45) is 0 Å². The van der Waals surface area contributed by atoms with Crippen molar-refractivity contribution in [3.05, 3.63) is 65.9 Å². The molecule has 0 aliphatic rings. The molecule has 0 saturated carbocycles. The second-order valence-corrected chi connectivity index (χ2v) is 7.31. The molecule has 162 valence electrons. The number of aromatic nitrogens is 3. The lowest BCUT2D eigenvalue weighted by molar-refractivity contribution is -0.121. The van der Waals surface area contributed by atoms with Crippen molar-refractivity contribution in [2.45, 2.75) is 38.7 Å². The van der Waals surface area contributed by atoms with Gasteiger partial charge in [0.25, 0.3) is 0 Å². The summed E-state index contributed by atoms with van der Waals surface area (Å²) in [6.07, 6.45) is 3.14. The Morgan fingerprint density at radius 2 is 1.94 bits per heavy atom. The highest BCUT2D eigenvalue weighted by Crippen LogP contribution is 2.20. The van der Waals surface area contributed by atoms with E-state index in [2.05, 4.69) is 22.6 Å². The third-order valence-electron chi connectivity index (χ3n) is 5.05. The molecule has 0 aliphatic heterocycles. The summed E-state index contributed by atoms with van der Waals surface area (Å²) in [5.74, 6) is -0.314. The number of rotatable bonds is 10. The standard InChI is InChI=1S/C22H27BN4O4/c1-3-16-5-4-6-17(13-16)14-21(23(29)30)24-22(28)11-12-27-15-20(25-26-27)18-7-9-19(31-2)10-8-18/h4-10,13,15,21,29-30H,3,11-12,14H2,1-2H3,(H,24,28). The highest BCUT2D eigenvalue weighted by molar-refractivity contribution is 6.43. The maximum atomic E-state index is 12.4. The number of amides is 1. The van der Waals surface area contributed by atoms with Gasteiger partial charge in [-0.15, -0.1) is 5.10 Å². The average Bonchev–Trinajstić information content (AvgIpc) is 3.26. The predicted octanol–water partition coefficient (Wildman–Crippen LogP) is 1.65. The van der Waals surface area contributed by atoms with Gasteiger partial charge >= 0.3 is 7.12 Å². The molecule has 31 heavy (non-hydrogen) atoms. The van der Waals surface area contributed by atoms with Gasteiger partial charge in [-0.1, -0.05) is 36.4 Å². The Balaban J connectivity index is 1.55. The van der Waals surface area contributed by atoms with Gasteiger partial charge in [0.15, 0.2) is 0 Å². The molecule has 3 rings (SSSR count). The van der Waals surface area contributed by atoms with Gasteiger partial charge in [-0.05, 0) is 48.2 Å². The van der Waals surface area contributed by atoms with Gasteiger partial charge in [0, 0.05) is 12.0 Å². The Labute approximate surface area is 182 Å². The van der Waals surface area contributed by atoms with Crippen LogP contribution in [-0.2, 0) is 24.2 Å². The minimum atomic E-state index is -1.65. The van der Waals surface area contributed by atoms with E-state index in [9.17, 15) is 14.8 Å². The van der Waals surface area contributed by atoms with Crippen LogP contribution in [0.15, 0.2) is 54.7 Å². The Hall–Kier alpha value is -3.17. The highest BCUT2D eigenvalue weighted by atomic mass is 16.5. The number of benzene rings is 2. The van der Waals surface area contributed by atoms with E-state index in [-0.39, 0.29) is 12.3 Å². The number of nitrogens with one attached hydrogen (secondary N) is 1. The Kier molecular flexibility index (Phi) is 7.80. The zero-order valence-corrected chi connectivity index (χ0v) is 17.7. The van der Waals surface area contributed by atoms with E-state index in [1.54, 1.807) is 18.0 Å². The number of hydrogen-bond acceptors (Lipinski definition) is 6. The molecule has 3 aromatic rings. The first-order chi connectivity index (χ1) is 15.0. The third kappa shape index (κ3) is 6.40. The number of methoxy groups -OCH3 is 1. The summed E-state index contributed by atoms with van der Waals surface area (Å²) in [6.45, 7) is 2.39. The molecular weight excluding hydrogens is 395 g/mol. The lowest BCUT2D eigenvalue weighted by Gasteiger charge is -2.18. The van der Waals surface area contributed by atoms with Crippen LogP contribution in [0.25, 0.3) is 11.3 Å². The second kappa shape index (κ2) is 10.7. The van der Waals surface area contributed by atoms with E-state index >= 15 is 0 Å². The molecule has 0 fully saturated rings. The van der Waals surface area contributed by atoms with Gasteiger partial charge in [0.2, 0.25) is 5.91 Å². The minimum Gasteiger partial charge on any atom is -0.497 e. The van der Waals surface area contributed by atoms with Crippen molar-refractivity contribution in [1.82, 2.24) is 20.3 Å². The smallest absolute Gasteiger partial charge is 0.475 e. The molecule has 1 heterocycles. The topological polar surface area (TPSA) is 110 Å². The summed E-state index contributed by atoms with van der Waals surface area (Å²) in [5, 5.41) is 30.3. The molecule has 0 aliphatic carbocycles. The first-order valence-electron chi connectivity index (χ1n) is 10.3. The molecule has 3 N–H and O–H groups in total. The molecule has 9 heteroatoms. The quantitative estimate of drug-likeness (QED) is 0.429. The largest absolute Gasteiger partial charge is 0.497 e. The van der Waals surface area contributed by atoms with Crippen LogP contribution in [0.4, 0.5) is 0 Å². The van der Waals surface area contributed by atoms with Crippen LogP contribution in [0.1, 0.15) is 24.5 Å². The number of aryl methyl sites for hydroxylation is 2.